The van der Waals surface area contributed by atoms with Gasteiger partial charge >= 0.3 is 12.0 Å². The molecule has 2 heterocycles. The molecule has 8 heteroatoms. The Balaban J connectivity index is 2.06. The summed E-state index contributed by atoms with van der Waals surface area (Å²) >= 11 is 12.2. The summed E-state index contributed by atoms with van der Waals surface area (Å²) in [5.41, 5.74) is 1.79. The van der Waals surface area contributed by atoms with Crippen LogP contribution in [0.4, 0.5) is 4.79 Å². The molecule has 1 aromatic rings. The zero-order valence-electron chi connectivity index (χ0n) is 16.1. The number of halogens is 2. The van der Waals surface area contributed by atoms with E-state index in [1.54, 1.807) is 32.2 Å². The maximum Gasteiger partial charge on any atom is 0.338 e. The predicted molar refractivity (Wildman–Crippen MR) is 109 cm³/mol. The van der Waals surface area contributed by atoms with E-state index in [9.17, 15) is 9.59 Å². The number of esters is 1. The third-order valence-corrected chi connectivity index (χ3v) is 5.91. The highest BCUT2D eigenvalue weighted by Gasteiger charge is 2.37. The van der Waals surface area contributed by atoms with Crippen LogP contribution in [0.15, 0.2) is 29.5 Å². The number of nitrogens with zero attached hydrogens (tertiary/aromatic N) is 2. The predicted octanol–water partition coefficient (Wildman–Crippen LogP) is 3.99. The number of carbonyl (C=O) groups excluding carboxylic acids is 2. The van der Waals surface area contributed by atoms with Crippen LogP contribution in [0.1, 0.15) is 37.8 Å². The summed E-state index contributed by atoms with van der Waals surface area (Å²) < 4.78 is 5.34. The van der Waals surface area contributed by atoms with Gasteiger partial charge in [0.2, 0.25) is 0 Å². The van der Waals surface area contributed by atoms with Crippen molar-refractivity contribution < 1.29 is 14.3 Å². The van der Waals surface area contributed by atoms with Gasteiger partial charge in [-0.15, -0.1) is 0 Å². The highest BCUT2D eigenvalue weighted by Crippen LogP contribution is 2.34. The topological polar surface area (TPSA) is 61.9 Å². The van der Waals surface area contributed by atoms with Crippen LogP contribution in [-0.4, -0.2) is 55.1 Å². The molecule has 1 N–H and O–H groups in total. The highest BCUT2D eigenvalue weighted by molar-refractivity contribution is 6.42. The number of amides is 2. The van der Waals surface area contributed by atoms with Gasteiger partial charge in [0.05, 0.1) is 28.3 Å². The SMILES string of the molecule is CCOC(=O)C1=C(CN2CCCCC2)N(C)C(=O)NC1c1ccc(Cl)c(Cl)c1. The van der Waals surface area contributed by atoms with Crippen molar-refractivity contribution in [2.24, 2.45) is 0 Å². The van der Waals surface area contributed by atoms with Crippen molar-refractivity contribution in [2.75, 3.05) is 33.3 Å². The van der Waals surface area contributed by atoms with Crippen LogP contribution in [0.2, 0.25) is 10.0 Å². The zero-order valence-corrected chi connectivity index (χ0v) is 17.6. The summed E-state index contributed by atoms with van der Waals surface area (Å²) in [6.45, 7) is 4.45. The van der Waals surface area contributed by atoms with Gasteiger partial charge in [-0.25, -0.2) is 9.59 Å². The van der Waals surface area contributed by atoms with E-state index in [4.69, 9.17) is 27.9 Å². The van der Waals surface area contributed by atoms with Crippen LogP contribution >= 0.6 is 23.2 Å². The van der Waals surface area contributed by atoms with E-state index in [0.29, 0.717) is 33.4 Å². The van der Waals surface area contributed by atoms with Gasteiger partial charge in [0.15, 0.2) is 0 Å². The minimum atomic E-state index is -0.641. The maximum atomic E-state index is 12.9. The number of hydrogen-bond acceptors (Lipinski definition) is 4. The third-order valence-electron chi connectivity index (χ3n) is 5.17. The highest BCUT2D eigenvalue weighted by atomic mass is 35.5. The zero-order chi connectivity index (χ0) is 20.3. The van der Waals surface area contributed by atoms with E-state index in [2.05, 4.69) is 10.2 Å². The third kappa shape index (κ3) is 4.45. The fourth-order valence-corrected chi connectivity index (χ4v) is 3.98. The molecule has 1 saturated heterocycles. The molecular formula is C20H25Cl2N3O3. The normalized spacial score (nSPS) is 20.9. The minimum absolute atomic E-state index is 0.255. The first-order valence-corrected chi connectivity index (χ1v) is 10.3. The van der Waals surface area contributed by atoms with Crippen LogP contribution in [0.25, 0.3) is 0 Å². The Morgan fingerprint density at radius 2 is 1.93 bits per heavy atom. The quantitative estimate of drug-likeness (QED) is 0.724. The minimum Gasteiger partial charge on any atom is -0.463 e. The van der Waals surface area contributed by atoms with Crippen molar-refractivity contribution in [3.8, 4) is 0 Å². The molecule has 1 unspecified atom stereocenters. The smallest absolute Gasteiger partial charge is 0.338 e. The molecule has 2 aliphatic heterocycles. The lowest BCUT2D eigenvalue weighted by Gasteiger charge is -2.37. The Labute approximate surface area is 175 Å². The van der Waals surface area contributed by atoms with Crippen molar-refractivity contribution in [3.05, 3.63) is 45.1 Å². The maximum absolute atomic E-state index is 12.9. The summed E-state index contributed by atoms with van der Waals surface area (Å²) in [5.74, 6) is -0.433. The van der Waals surface area contributed by atoms with Crippen LogP contribution in [0.3, 0.4) is 0 Å². The second kappa shape index (κ2) is 9.16. The average Bonchev–Trinajstić information content (AvgIpc) is 2.68. The first-order chi connectivity index (χ1) is 13.4. The molecule has 1 atom stereocenters. The lowest BCUT2D eigenvalue weighted by molar-refractivity contribution is -0.139. The number of hydrogen-bond donors (Lipinski definition) is 1. The second-order valence-electron chi connectivity index (χ2n) is 7.03. The number of nitrogens with one attached hydrogen (secondary N) is 1. The van der Waals surface area contributed by atoms with Crippen LogP contribution in [0.5, 0.6) is 0 Å². The molecule has 0 aromatic heterocycles. The molecule has 0 saturated carbocycles. The molecule has 0 spiro atoms. The fourth-order valence-electron chi connectivity index (χ4n) is 3.67. The largest absolute Gasteiger partial charge is 0.463 e. The number of urea groups is 1. The van der Waals surface area contributed by atoms with Crippen molar-refractivity contribution in [1.82, 2.24) is 15.1 Å². The lowest BCUT2D eigenvalue weighted by Crippen LogP contribution is -2.49. The van der Waals surface area contributed by atoms with Gasteiger partial charge in [0.25, 0.3) is 0 Å². The number of carbonyl (C=O) groups is 2. The molecule has 152 valence electrons. The van der Waals surface area contributed by atoms with Crippen LogP contribution < -0.4 is 5.32 Å². The van der Waals surface area contributed by atoms with E-state index in [0.717, 1.165) is 25.9 Å². The first-order valence-electron chi connectivity index (χ1n) is 9.54. The van der Waals surface area contributed by atoms with Crippen molar-refractivity contribution in [2.45, 2.75) is 32.2 Å². The van der Waals surface area contributed by atoms with E-state index in [1.807, 2.05) is 0 Å². The van der Waals surface area contributed by atoms with Crippen molar-refractivity contribution >= 4 is 35.2 Å². The van der Waals surface area contributed by atoms with E-state index < -0.39 is 12.0 Å². The standard InChI is InChI=1S/C20H25Cl2N3O3/c1-3-28-19(26)17-16(12-25-9-5-4-6-10-25)24(2)20(27)23-18(17)13-7-8-14(21)15(22)11-13/h7-8,11,18H,3-6,9-10,12H2,1-2H3,(H,23,27). The van der Waals surface area contributed by atoms with Gasteiger partial charge in [-0.2, -0.15) is 0 Å². The molecule has 0 bridgehead atoms. The van der Waals surface area contributed by atoms with Crippen molar-refractivity contribution in [3.63, 3.8) is 0 Å². The van der Waals surface area contributed by atoms with Gasteiger partial charge in [-0.05, 0) is 50.6 Å². The monoisotopic (exact) mass is 425 g/mol. The average molecular weight is 426 g/mol. The Morgan fingerprint density at radius 1 is 1.21 bits per heavy atom. The summed E-state index contributed by atoms with van der Waals surface area (Å²) in [5, 5.41) is 3.68. The lowest BCUT2D eigenvalue weighted by atomic mass is 9.94. The Morgan fingerprint density at radius 3 is 2.57 bits per heavy atom. The van der Waals surface area contributed by atoms with E-state index in [-0.39, 0.29) is 12.6 Å². The van der Waals surface area contributed by atoms with E-state index in [1.165, 1.54) is 11.3 Å². The number of piperidine rings is 1. The molecular weight excluding hydrogens is 401 g/mol. The molecule has 2 amide bonds. The van der Waals surface area contributed by atoms with E-state index >= 15 is 0 Å². The van der Waals surface area contributed by atoms with Gasteiger partial charge < -0.3 is 10.1 Å². The Hall–Kier alpha value is -1.76. The molecule has 0 aliphatic carbocycles. The summed E-state index contributed by atoms with van der Waals surface area (Å²) in [4.78, 5) is 29.3. The van der Waals surface area contributed by atoms with Gasteiger partial charge in [0, 0.05) is 19.3 Å². The number of likely N-dealkylation sites (tertiary alicyclic amines) is 1. The molecule has 1 aromatic carbocycles. The second-order valence-corrected chi connectivity index (χ2v) is 7.85. The number of rotatable bonds is 5. The summed E-state index contributed by atoms with van der Waals surface area (Å²) in [6, 6.07) is 4.20. The Bertz CT molecular complexity index is 791. The molecule has 3 rings (SSSR count). The summed E-state index contributed by atoms with van der Waals surface area (Å²) in [7, 11) is 1.68. The van der Waals surface area contributed by atoms with Gasteiger partial charge in [-0.1, -0.05) is 35.7 Å². The number of benzene rings is 1. The van der Waals surface area contributed by atoms with Gasteiger partial charge in [0.1, 0.15) is 0 Å². The molecule has 1 fully saturated rings. The molecule has 28 heavy (non-hydrogen) atoms. The number of ether oxygens (including phenoxy) is 1. The summed E-state index contributed by atoms with van der Waals surface area (Å²) in [6.07, 6.45) is 3.45. The van der Waals surface area contributed by atoms with Crippen LogP contribution in [-0.2, 0) is 9.53 Å². The molecule has 0 radical (unpaired) electrons. The Kier molecular flexibility index (Phi) is 6.86. The van der Waals surface area contributed by atoms with Gasteiger partial charge in [-0.3, -0.25) is 9.80 Å². The molecule has 2 aliphatic rings. The molecule has 6 nitrogen and oxygen atoms in total. The van der Waals surface area contributed by atoms with Crippen LogP contribution in [0, 0.1) is 0 Å². The number of likely N-dealkylation sites (N-methyl/N-ethyl adjacent to an activating group) is 1. The fraction of sp³-hybridized carbons (Fsp3) is 0.500. The van der Waals surface area contributed by atoms with Crippen molar-refractivity contribution in [1.29, 1.82) is 0 Å². The first kappa shape index (κ1) is 21.0.